The van der Waals surface area contributed by atoms with Crippen molar-refractivity contribution in [1.29, 1.82) is 0 Å². The lowest BCUT2D eigenvalue weighted by molar-refractivity contribution is -0.0598. The highest BCUT2D eigenvalue weighted by Crippen LogP contribution is 2.63. The van der Waals surface area contributed by atoms with Gasteiger partial charge in [-0.2, -0.15) is 0 Å². The van der Waals surface area contributed by atoms with Crippen LogP contribution in [-0.2, 0) is 10.3 Å². The Morgan fingerprint density at radius 1 is 1.24 bits per heavy atom. The zero-order valence-electron chi connectivity index (χ0n) is 15.5. The molecule has 25 heavy (non-hydrogen) atoms. The van der Waals surface area contributed by atoms with Gasteiger partial charge in [-0.25, -0.2) is 4.98 Å². The maximum atomic E-state index is 6.71. The van der Waals surface area contributed by atoms with Gasteiger partial charge < -0.3 is 25.8 Å². The summed E-state index contributed by atoms with van der Waals surface area (Å²) < 4.78 is 11.5. The number of hydrogen-bond donors (Lipinski definition) is 2. The van der Waals surface area contributed by atoms with Gasteiger partial charge in [0.05, 0.1) is 19.3 Å². The molecule has 2 heterocycles. The third-order valence-corrected chi connectivity index (χ3v) is 6.12. The highest BCUT2D eigenvalue weighted by Gasteiger charge is 2.59. The third-order valence-electron chi connectivity index (χ3n) is 6.12. The molecule has 3 aliphatic rings. The predicted molar refractivity (Wildman–Crippen MR) is 97.8 cm³/mol. The maximum Gasteiger partial charge on any atom is 0.132 e. The Morgan fingerprint density at radius 3 is 2.44 bits per heavy atom. The number of methoxy groups -OCH3 is 1. The fourth-order valence-electron chi connectivity index (χ4n) is 5.33. The number of nitrogens with two attached hydrogens (primary N) is 2. The molecular formula is C19H30N4O2. The van der Waals surface area contributed by atoms with Gasteiger partial charge in [-0.3, -0.25) is 0 Å². The molecule has 138 valence electrons. The van der Waals surface area contributed by atoms with Crippen LogP contribution in [0.4, 0.5) is 5.82 Å². The minimum atomic E-state index is -0.331. The van der Waals surface area contributed by atoms with Gasteiger partial charge in [0.1, 0.15) is 11.6 Å². The van der Waals surface area contributed by atoms with E-state index < -0.39 is 0 Å². The predicted octanol–water partition coefficient (Wildman–Crippen LogP) is 1.76. The van der Waals surface area contributed by atoms with E-state index in [-0.39, 0.29) is 17.7 Å². The van der Waals surface area contributed by atoms with Crippen molar-refractivity contribution >= 4 is 5.82 Å². The number of pyridine rings is 1. The van der Waals surface area contributed by atoms with Crippen LogP contribution in [0.25, 0.3) is 0 Å². The van der Waals surface area contributed by atoms with Gasteiger partial charge in [0.15, 0.2) is 0 Å². The lowest BCUT2D eigenvalue weighted by Crippen LogP contribution is -2.63. The van der Waals surface area contributed by atoms with Crippen LogP contribution in [0, 0.1) is 5.41 Å². The van der Waals surface area contributed by atoms with Crippen molar-refractivity contribution < 1.29 is 9.47 Å². The largest absolute Gasteiger partial charge is 0.496 e. The monoisotopic (exact) mass is 346 g/mol. The van der Waals surface area contributed by atoms with Crippen molar-refractivity contribution in [1.82, 2.24) is 4.98 Å². The molecule has 6 nitrogen and oxygen atoms in total. The quantitative estimate of drug-likeness (QED) is 0.867. The highest BCUT2D eigenvalue weighted by atomic mass is 16.5. The first-order chi connectivity index (χ1) is 11.8. The van der Waals surface area contributed by atoms with Crippen LogP contribution in [0.2, 0.25) is 0 Å². The number of hydrogen-bond acceptors (Lipinski definition) is 6. The van der Waals surface area contributed by atoms with Gasteiger partial charge >= 0.3 is 0 Å². The standard InChI is InChI=1S/C19H30N4O2/c1-12-8-23(9-13(2)25-12)17-4-16(24-3)15(7-22-17)19(21)10-18(11-19)5-14(20)6-18/h4,7,12-14H,5-6,8-11,20-21H2,1-3H3/t12-,13+,14?,18?,19?. The van der Waals surface area contributed by atoms with Crippen LogP contribution in [0.5, 0.6) is 5.75 Å². The molecule has 6 heteroatoms. The van der Waals surface area contributed by atoms with E-state index in [1.54, 1.807) is 7.11 Å². The molecule has 1 aromatic heterocycles. The molecule has 2 atom stereocenters. The van der Waals surface area contributed by atoms with Crippen molar-refractivity contribution in [3.05, 3.63) is 17.8 Å². The van der Waals surface area contributed by atoms with Gasteiger partial charge in [-0.1, -0.05) is 0 Å². The van der Waals surface area contributed by atoms with Crippen molar-refractivity contribution in [2.45, 2.75) is 63.3 Å². The Hall–Kier alpha value is -1.37. The highest BCUT2D eigenvalue weighted by molar-refractivity contribution is 5.51. The average Bonchev–Trinajstić information content (AvgIpc) is 2.50. The van der Waals surface area contributed by atoms with Gasteiger partial charge in [-0.05, 0) is 44.9 Å². The van der Waals surface area contributed by atoms with Gasteiger partial charge in [0.25, 0.3) is 0 Å². The van der Waals surface area contributed by atoms with Crippen molar-refractivity contribution in [2.75, 3.05) is 25.1 Å². The van der Waals surface area contributed by atoms with E-state index in [4.69, 9.17) is 25.9 Å². The first kappa shape index (κ1) is 17.1. The zero-order valence-corrected chi connectivity index (χ0v) is 15.5. The van der Waals surface area contributed by atoms with Gasteiger partial charge in [0.2, 0.25) is 0 Å². The van der Waals surface area contributed by atoms with E-state index in [0.29, 0.717) is 11.5 Å². The van der Waals surface area contributed by atoms with E-state index in [9.17, 15) is 0 Å². The number of nitrogens with zero attached hydrogens (tertiary/aromatic N) is 2. The Labute approximate surface area is 149 Å². The molecule has 4 N–H and O–H groups in total. The van der Waals surface area contributed by atoms with Crippen LogP contribution >= 0.6 is 0 Å². The molecule has 0 unspecified atom stereocenters. The third kappa shape index (κ3) is 2.90. The van der Waals surface area contributed by atoms with E-state index in [2.05, 4.69) is 18.7 Å². The van der Waals surface area contributed by atoms with Crippen molar-refractivity contribution in [2.24, 2.45) is 16.9 Å². The summed E-state index contributed by atoms with van der Waals surface area (Å²) in [6.07, 6.45) is 6.49. The summed E-state index contributed by atoms with van der Waals surface area (Å²) in [6, 6.07) is 2.39. The first-order valence-electron chi connectivity index (χ1n) is 9.32. The van der Waals surface area contributed by atoms with E-state index in [0.717, 1.165) is 55.9 Å². The molecule has 2 saturated carbocycles. The minimum Gasteiger partial charge on any atom is -0.496 e. The lowest BCUT2D eigenvalue weighted by Gasteiger charge is -2.61. The number of anilines is 1. The summed E-state index contributed by atoms with van der Waals surface area (Å²) in [6.45, 7) is 5.88. The Balaban J connectivity index is 1.54. The lowest BCUT2D eigenvalue weighted by atomic mass is 9.46. The molecule has 3 fully saturated rings. The summed E-state index contributed by atoms with van der Waals surface area (Å²) >= 11 is 0. The molecule has 0 aromatic carbocycles. The molecule has 1 aliphatic heterocycles. The Kier molecular flexibility index (Phi) is 3.98. The van der Waals surface area contributed by atoms with Crippen LogP contribution in [-0.4, -0.2) is 43.4 Å². The SMILES string of the molecule is COc1cc(N2C[C@@H](C)O[C@@H](C)C2)ncc1C1(N)CC2(CC(N)C2)C1. The van der Waals surface area contributed by atoms with Crippen LogP contribution in [0.3, 0.4) is 0 Å². The van der Waals surface area contributed by atoms with E-state index in [1.165, 1.54) is 0 Å². The number of ether oxygens (including phenoxy) is 2. The van der Waals surface area contributed by atoms with Gasteiger partial charge in [-0.15, -0.1) is 0 Å². The fraction of sp³-hybridized carbons (Fsp3) is 0.737. The second kappa shape index (κ2) is 5.83. The van der Waals surface area contributed by atoms with Crippen molar-refractivity contribution in [3.8, 4) is 5.75 Å². The first-order valence-corrected chi connectivity index (χ1v) is 9.32. The smallest absolute Gasteiger partial charge is 0.132 e. The van der Waals surface area contributed by atoms with Crippen molar-refractivity contribution in [3.63, 3.8) is 0 Å². The Morgan fingerprint density at radius 2 is 1.88 bits per heavy atom. The molecule has 0 amide bonds. The average molecular weight is 346 g/mol. The van der Waals surface area contributed by atoms with Crippen LogP contribution in [0.1, 0.15) is 45.1 Å². The van der Waals surface area contributed by atoms with E-state index in [1.807, 2.05) is 12.3 Å². The molecule has 1 spiro atoms. The minimum absolute atomic E-state index is 0.200. The zero-order chi connectivity index (χ0) is 17.8. The summed E-state index contributed by atoms with van der Waals surface area (Å²) in [4.78, 5) is 6.99. The second-order valence-corrected chi connectivity index (χ2v) is 8.58. The fourth-order valence-corrected chi connectivity index (χ4v) is 5.33. The summed E-state index contributed by atoms with van der Waals surface area (Å²) in [5.41, 5.74) is 13.8. The topological polar surface area (TPSA) is 86.6 Å². The molecular weight excluding hydrogens is 316 g/mol. The summed E-state index contributed by atoms with van der Waals surface area (Å²) in [7, 11) is 1.71. The molecule has 1 saturated heterocycles. The molecule has 1 aromatic rings. The number of aromatic nitrogens is 1. The van der Waals surface area contributed by atoms with Crippen LogP contribution in [0.15, 0.2) is 12.3 Å². The van der Waals surface area contributed by atoms with Crippen LogP contribution < -0.4 is 21.1 Å². The Bertz CT molecular complexity index is 641. The molecule has 0 bridgehead atoms. The number of rotatable bonds is 3. The van der Waals surface area contributed by atoms with Gasteiger partial charge in [0, 0.05) is 42.5 Å². The summed E-state index contributed by atoms with van der Waals surface area (Å²) in [5, 5.41) is 0. The van der Waals surface area contributed by atoms with E-state index >= 15 is 0 Å². The molecule has 4 rings (SSSR count). The normalized spacial score (nSPS) is 40.5. The molecule has 0 radical (unpaired) electrons. The second-order valence-electron chi connectivity index (χ2n) is 8.58. The number of morpholine rings is 1. The summed E-state index contributed by atoms with van der Waals surface area (Å²) in [5.74, 6) is 1.78. The molecule has 2 aliphatic carbocycles. The maximum absolute atomic E-state index is 6.71.